The van der Waals surface area contributed by atoms with E-state index in [2.05, 4.69) is 9.93 Å². The van der Waals surface area contributed by atoms with Crippen LogP contribution < -0.4 is 14.3 Å². The van der Waals surface area contributed by atoms with Crippen molar-refractivity contribution in [3.63, 3.8) is 0 Å². The topological polar surface area (TPSA) is 77.0 Å². The summed E-state index contributed by atoms with van der Waals surface area (Å²) in [5.74, 6) is 1.13. The molecule has 0 aromatic heterocycles. The average molecular weight is 410 g/mol. The molecule has 0 aliphatic carbocycles. The van der Waals surface area contributed by atoms with Gasteiger partial charge < -0.3 is 9.47 Å². The SMILES string of the molecule is COc1ccc(C=NNS(=O)(=O)c2ccc(C)cc2)cc1OCc1ccccc1. The Morgan fingerprint density at radius 2 is 1.69 bits per heavy atom. The Kier molecular flexibility index (Phi) is 6.51. The lowest BCUT2D eigenvalue weighted by Crippen LogP contribution is -2.18. The molecule has 0 amide bonds. The first-order valence-corrected chi connectivity index (χ1v) is 10.4. The van der Waals surface area contributed by atoms with Gasteiger partial charge >= 0.3 is 0 Å². The molecule has 0 aliphatic rings. The van der Waals surface area contributed by atoms with Crippen molar-refractivity contribution in [2.75, 3.05) is 7.11 Å². The minimum atomic E-state index is -3.72. The van der Waals surface area contributed by atoms with Crippen LogP contribution in [0.15, 0.2) is 82.8 Å². The van der Waals surface area contributed by atoms with E-state index in [-0.39, 0.29) is 4.90 Å². The van der Waals surface area contributed by atoms with Crippen molar-refractivity contribution < 1.29 is 17.9 Å². The third kappa shape index (κ3) is 5.58. The van der Waals surface area contributed by atoms with Crippen LogP contribution in [0.4, 0.5) is 0 Å². The monoisotopic (exact) mass is 410 g/mol. The van der Waals surface area contributed by atoms with Crippen molar-refractivity contribution in [2.45, 2.75) is 18.4 Å². The Morgan fingerprint density at radius 3 is 2.38 bits per heavy atom. The maximum Gasteiger partial charge on any atom is 0.276 e. The van der Waals surface area contributed by atoms with E-state index in [0.29, 0.717) is 23.7 Å². The molecule has 0 saturated carbocycles. The number of sulfonamides is 1. The third-order valence-corrected chi connectivity index (χ3v) is 5.38. The van der Waals surface area contributed by atoms with Gasteiger partial charge in [-0.25, -0.2) is 4.83 Å². The Bertz CT molecular complexity index is 1080. The van der Waals surface area contributed by atoms with Gasteiger partial charge in [-0.2, -0.15) is 13.5 Å². The highest BCUT2D eigenvalue weighted by atomic mass is 32.2. The largest absolute Gasteiger partial charge is 0.493 e. The lowest BCUT2D eigenvalue weighted by Gasteiger charge is -2.11. The van der Waals surface area contributed by atoms with Gasteiger partial charge in [0.2, 0.25) is 0 Å². The lowest BCUT2D eigenvalue weighted by atomic mass is 10.2. The van der Waals surface area contributed by atoms with Gasteiger partial charge in [0.25, 0.3) is 10.0 Å². The third-order valence-electron chi connectivity index (χ3n) is 4.14. The Hall–Kier alpha value is -3.32. The summed E-state index contributed by atoms with van der Waals surface area (Å²) < 4.78 is 35.8. The second kappa shape index (κ2) is 9.25. The van der Waals surface area contributed by atoms with Gasteiger partial charge in [0.05, 0.1) is 18.2 Å². The molecule has 0 radical (unpaired) electrons. The molecule has 0 atom stereocenters. The standard InChI is InChI=1S/C22H22N2O4S/c1-17-8-11-20(12-9-17)29(25,26)24-23-15-19-10-13-21(27-2)22(14-19)28-16-18-6-4-3-5-7-18/h3-15,24H,16H2,1-2H3. The quantitative estimate of drug-likeness (QED) is 0.451. The molecule has 0 spiro atoms. The van der Waals surface area contributed by atoms with E-state index in [4.69, 9.17) is 9.47 Å². The van der Waals surface area contributed by atoms with Crippen LogP contribution in [0.1, 0.15) is 16.7 Å². The number of hydrogen-bond acceptors (Lipinski definition) is 5. The molecule has 3 rings (SSSR count). The Balaban J connectivity index is 1.71. The summed E-state index contributed by atoms with van der Waals surface area (Å²) in [4.78, 5) is 2.37. The molecule has 0 fully saturated rings. The van der Waals surface area contributed by atoms with Crippen molar-refractivity contribution in [3.05, 3.63) is 89.5 Å². The summed E-state index contributed by atoms with van der Waals surface area (Å²) >= 11 is 0. The molecule has 0 heterocycles. The zero-order valence-electron chi connectivity index (χ0n) is 16.2. The number of nitrogens with zero attached hydrogens (tertiary/aromatic N) is 1. The fourth-order valence-electron chi connectivity index (χ4n) is 2.56. The molecule has 150 valence electrons. The summed E-state index contributed by atoms with van der Waals surface area (Å²) in [5, 5.41) is 3.87. The van der Waals surface area contributed by atoms with E-state index in [0.717, 1.165) is 11.1 Å². The van der Waals surface area contributed by atoms with Gasteiger partial charge in [-0.1, -0.05) is 48.0 Å². The first-order valence-electron chi connectivity index (χ1n) is 8.94. The van der Waals surface area contributed by atoms with Gasteiger partial charge in [-0.3, -0.25) is 0 Å². The summed E-state index contributed by atoms with van der Waals surface area (Å²) in [5.41, 5.74) is 2.67. The first-order chi connectivity index (χ1) is 14.0. The number of aryl methyl sites for hydroxylation is 1. The molecular weight excluding hydrogens is 388 g/mol. The maximum atomic E-state index is 12.3. The highest BCUT2D eigenvalue weighted by molar-refractivity contribution is 7.89. The predicted molar refractivity (Wildman–Crippen MR) is 113 cm³/mol. The van der Waals surface area contributed by atoms with Crippen LogP contribution in [-0.2, 0) is 16.6 Å². The molecule has 6 nitrogen and oxygen atoms in total. The van der Waals surface area contributed by atoms with Crippen molar-refractivity contribution in [2.24, 2.45) is 5.10 Å². The molecule has 0 saturated heterocycles. The van der Waals surface area contributed by atoms with E-state index in [1.165, 1.54) is 18.3 Å². The minimum absolute atomic E-state index is 0.155. The summed E-state index contributed by atoms with van der Waals surface area (Å²) in [6.07, 6.45) is 1.42. The van der Waals surface area contributed by atoms with Gasteiger partial charge in [0.1, 0.15) is 6.61 Å². The van der Waals surface area contributed by atoms with Crippen LogP contribution in [0.2, 0.25) is 0 Å². The number of benzene rings is 3. The second-order valence-electron chi connectivity index (χ2n) is 6.35. The highest BCUT2D eigenvalue weighted by Gasteiger charge is 2.12. The van der Waals surface area contributed by atoms with Crippen molar-refractivity contribution in [3.8, 4) is 11.5 Å². The number of hydrazone groups is 1. The van der Waals surface area contributed by atoms with Crippen LogP contribution in [0.5, 0.6) is 11.5 Å². The summed E-state index contributed by atoms with van der Waals surface area (Å²) in [6, 6.07) is 21.6. The molecule has 0 aliphatic heterocycles. The van der Waals surface area contributed by atoms with Crippen molar-refractivity contribution >= 4 is 16.2 Å². The first kappa shape index (κ1) is 20.4. The van der Waals surface area contributed by atoms with Crippen LogP contribution >= 0.6 is 0 Å². The second-order valence-corrected chi connectivity index (χ2v) is 8.01. The number of rotatable bonds is 8. The molecule has 1 N–H and O–H groups in total. The van der Waals surface area contributed by atoms with Crippen LogP contribution in [0, 0.1) is 6.92 Å². The fraction of sp³-hybridized carbons (Fsp3) is 0.136. The van der Waals surface area contributed by atoms with Crippen molar-refractivity contribution in [1.82, 2.24) is 4.83 Å². The molecule has 0 bridgehead atoms. The number of nitrogens with one attached hydrogen (secondary N) is 1. The van der Waals surface area contributed by atoms with Crippen molar-refractivity contribution in [1.29, 1.82) is 0 Å². The van der Waals surface area contributed by atoms with E-state index in [9.17, 15) is 8.42 Å². The minimum Gasteiger partial charge on any atom is -0.493 e. The van der Waals surface area contributed by atoms with E-state index in [1.54, 1.807) is 37.4 Å². The molecule has 0 unspecified atom stereocenters. The van der Waals surface area contributed by atoms with Crippen LogP contribution in [0.25, 0.3) is 0 Å². The maximum absolute atomic E-state index is 12.3. The number of ether oxygens (including phenoxy) is 2. The van der Waals surface area contributed by atoms with E-state index >= 15 is 0 Å². The van der Waals surface area contributed by atoms with Gasteiger partial charge in [0.15, 0.2) is 11.5 Å². The highest BCUT2D eigenvalue weighted by Crippen LogP contribution is 2.28. The Morgan fingerprint density at radius 1 is 0.966 bits per heavy atom. The van der Waals surface area contributed by atoms with E-state index in [1.807, 2.05) is 37.3 Å². The lowest BCUT2D eigenvalue weighted by molar-refractivity contribution is 0.284. The molecule has 3 aromatic carbocycles. The molecule has 3 aromatic rings. The number of hydrogen-bond donors (Lipinski definition) is 1. The van der Waals surface area contributed by atoms with Crippen LogP contribution in [0.3, 0.4) is 0 Å². The molecular formula is C22H22N2O4S. The van der Waals surface area contributed by atoms with Gasteiger partial charge in [-0.05, 0) is 48.4 Å². The summed E-state index contributed by atoms with van der Waals surface area (Å²) in [7, 11) is -2.16. The normalized spacial score (nSPS) is 11.4. The smallest absolute Gasteiger partial charge is 0.276 e. The summed E-state index contributed by atoms with van der Waals surface area (Å²) in [6.45, 7) is 2.28. The Labute approximate surface area is 170 Å². The zero-order valence-corrected chi connectivity index (χ0v) is 17.0. The zero-order chi connectivity index (χ0) is 20.7. The average Bonchev–Trinajstić information content (AvgIpc) is 2.73. The molecule has 29 heavy (non-hydrogen) atoms. The van der Waals surface area contributed by atoms with Crippen LogP contribution in [-0.4, -0.2) is 21.7 Å². The van der Waals surface area contributed by atoms with E-state index < -0.39 is 10.0 Å². The van der Waals surface area contributed by atoms with Gasteiger partial charge in [0, 0.05) is 0 Å². The fourth-order valence-corrected chi connectivity index (χ4v) is 3.35. The number of methoxy groups -OCH3 is 1. The van der Waals surface area contributed by atoms with Gasteiger partial charge in [-0.15, -0.1) is 0 Å². The molecule has 7 heteroatoms. The predicted octanol–water partition coefficient (Wildman–Crippen LogP) is 3.90.